The number of carbonyl (C=O) groups excluding carboxylic acids is 1. The maximum absolute atomic E-state index is 13.7. The largest absolute Gasteiger partial charge is 0.489 e. The Kier molecular flexibility index (Phi) is 5.10. The average Bonchev–Trinajstić information content (AvgIpc) is 3.19. The molecule has 0 spiro atoms. The minimum Gasteiger partial charge on any atom is -0.489 e. The summed E-state index contributed by atoms with van der Waals surface area (Å²) in [5.41, 5.74) is 4.21. The summed E-state index contributed by atoms with van der Waals surface area (Å²) in [6.45, 7) is 8.00. The first-order chi connectivity index (χ1) is 16.4. The normalized spacial score (nSPS) is 20.5. The molecule has 0 unspecified atom stereocenters. The van der Waals surface area contributed by atoms with E-state index in [1.165, 1.54) is 0 Å². The molecule has 2 aliphatic heterocycles. The number of H-pyrrole nitrogens is 1. The maximum Gasteiger partial charge on any atom is 0.195 e. The number of piperidine rings is 1. The number of aromatic amines is 1. The van der Waals surface area contributed by atoms with Gasteiger partial charge in [0.05, 0.1) is 40.9 Å². The van der Waals surface area contributed by atoms with Gasteiger partial charge in [-0.3, -0.25) is 9.69 Å². The van der Waals surface area contributed by atoms with Gasteiger partial charge < -0.3 is 14.5 Å². The Labute approximate surface area is 207 Å². The van der Waals surface area contributed by atoms with Crippen LogP contribution < -0.4 is 4.74 Å². The number of hydrogen-bond acceptors (Lipinski definition) is 5. The lowest BCUT2D eigenvalue weighted by atomic mass is 9.71. The molecule has 2 saturated heterocycles. The van der Waals surface area contributed by atoms with E-state index in [-0.39, 0.29) is 11.9 Å². The summed E-state index contributed by atoms with van der Waals surface area (Å²) in [7, 11) is 0. The number of benzene rings is 2. The number of hydrogen-bond donors (Lipinski definition) is 1. The summed E-state index contributed by atoms with van der Waals surface area (Å²) in [5, 5.41) is 10.2. The van der Waals surface area contributed by atoms with Gasteiger partial charge in [-0.15, -0.1) is 0 Å². The highest BCUT2D eigenvalue weighted by molar-refractivity contribution is 9.10. The molecular formula is C27H26BrN3O3. The van der Waals surface area contributed by atoms with Crippen LogP contribution in [0, 0.1) is 11.3 Å². The molecule has 1 aliphatic carbocycles. The van der Waals surface area contributed by atoms with Gasteiger partial charge in [-0.2, -0.15) is 5.26 Å². The summed E-state index contributed by atoms with van der Waals surface area (Å²) in [6, 6.07) is 12.2. The molecule has 3 aliphatic rings. The van der Waals surface area contributed by atoms with E-state index >= 15 is 0 Å². The molecule has 34 heavy (non-hydrogen) atoms. The fraction of sp³-hybridized carbons (Fsp3) is 0.407. The van der Waals surface area contributed by atoms with Gasteiger partial charge in [0.25, 0.3) is 0 Å². The summed E-state index contributed by atoms with van der Waals surface area (Å²) in [4.78, 5) is 19.6. The third-order valence-electron chi connectivity index (χ3n) is 7.68. The number of nitrogens with zero attached hydrogens (tertiary/aromatic N) is 2. The van der Waals surface area contributed by atoms with E-state index in [1.54, 1.807) is 6.07 Å². The number of carbonyl (C=O) groups is 1. The highest BCUT2D eigenvalue weighted by Gasteiger charge is 2.40. The third kappa shape index (κ3) is 3.31. The monoisotopic (exact) mass is 519 g/mol. The second-order valence-electron chi connectivity index (χ2n) is 10.1. The standard InChI is InChI=1S/C27H26BrN3O3/c1-27(2)20-11-23(34-17-5-7-31(8-6-17)16-13-33-14-16)21(28)10-19(20)25(32)24-18-4-3-15(12-29)9-22(18)30-26(24)27/h3-4,9-11,16-17,30H,5-8,13-14H2,1-2H3. The minimum absolute atomic E-state index is 0.00329. The van der Waals surface area contributed by atoms with Gasteiger partial charge in [-0.1, -0.05) is 19.9 Å². The molecule has 3 aromatic rings. The molecule has 174 valence electrons. The molecule has 2 aromatic carbocycles. The quantitative estimate of drug-likeness (QED) is 0.531. The molecule has 3 heterocycles. The predicted octanol–water partition coefficient (Wildman–Crippen LogP) is 4.91. The van der Waals surface area contributed by atoms with E-state index in [2.05, 4.69) is 45.7 Å². The number of likely N-dealkylation sites (tertiary alicyclic amines) is 1. The van der Waals surface area contributed by atoms with E-state index in [9.17, 15) is 10.1 Å². The smallest absolute Gasteiger partial charge is 0.195 e. The molecule has 0 saturated carbocycles. The third-order valence-corrected chi connectivity index (χ3v) is 8.30. The predicted molar refractivity (Wildman–Crippen MR) is 133 cm³/mol. The van der Waals surface area contributed by atoms with E-state index < -0.39 is 5.41 Å². The summed E-state index contributed by atoms with van der Waals surface area (Å²) < 4.78 is 12.6. The zero-order valence-corrected chi connectivity index (χ0v) is 20.9. The number of nitrogens with one attached hydrogen (secondary N) is 1. The number of rotatable bonds is 3. The second kappa shape index (κ2) is 7.94. The van der Waals surface area contributed by atoms with Gasteiger partial charge in [-0.25, -0.2) is 0 Å². The van der Waals surface area contributed by atoms with Gasteiger partial charge in [0.15, 0.2) is 5.78 Å². The Morgan fingerprint density at radius 2 is 1.97 bits per heavy atom. The van der Waals surface area contributed by atoms with E-state index in [0.29, 0.717) is 22.7 Å². The highest BCUT2D eigenvalue weighted by atomic mass is 79.9. The number of aromatic nitrogens is 1. The Morgan fingerprint density at radius 3 is 2.65 bits per heavy atom. The van der Waals surface area contributed by atoms with Crippen LogP contribution in [0.1, 0.15) is 59.4 Å². The second-order valence-corrected chi connectivity index (χ2v) is 10.9. The fourth-order valence-corrected chi connectivity index (χ4v) is 6.00. The van der Waals surface area contributed by atoms with Crippen LogP contribution in [0.25, 0.3) is 10.9 Å². The summed E-state index contributed by atoms with van der Waals surface area (Å²) in [6.07, 6.45) is 2.12. The lowest BCUT2D eigenvalue weighted by Gasteiger charge is -2.41. The lowest BCUT2D eigenvalue weighted by molar-refractivity contribution is -0.0778. The van der Waals surface area contributed by atoms with Crippen molar-refractivity contribution in [2.75, 3.05) is 26.3 Å². The molecule has 0 amide bonds. The molecule has 1 aromatic heterocycles. The van der Waals surface area contributed by atoms with Crippen molar-refractivity contribution in [3.8, 4) is 11.8 Å². The number of halogens is 1. The summed E-state index contributed by atoms with van der Waals surface area (Å²) in [5.74, 6) is 0.792. The van der Waals surface area contributed by atoms with Crippen LogP contribution in [0.4, 0.5) is 0 Å². The Hall–Kier alpha value is -2.66. The SMILES string of the molecule is CC1(C)c2cc(OC3CCN(C4COC4)CC3)c(Br)cc2C(=O)c2c1[nH]c1cc(C#N)ccc21. The fourth-order valence-electron chi connectivity index (χ4n) is 5.56. The van der Waals surface area contributed by atoms with Gasteiger partial charge in [-0.05, 0) is 58.6 Å². The number of fused-ring (bicyclic) bond motifs is 4. The van der Waals surface area contributed by atoms with E-state index in [0.717, 1.165) is 71.5 Å². The van der Waals surface area contributed by atoms with Crippen LogP contribution in [0.3, 0.4) is 0 Å². The van der Waals surface area contributed by atoms with Crippen LogP contribution in [0.15, 0.2) is 34.8 Å². The highest BCUT2D eigenvalue weighted by Crippen LogP contribution is 2.46. The van der Waals surface area contributed by atoms with E-state index in [1.807, 2.05) is 24.3 Å². The van der Waals surface area contributed by atoms with Gasteiger partial charge in [0, 0.05) is 40.7 Å². The first-order valence-electron chi connectivity index (χ1n) is 11.8. The molecule has 6 rings (SSSR count). The van der Waals surface area contributed by atoms with Crippen molar-refractivity contribution < 1.29 is 14.3 Å². The first kappa shape index (κ1) is 21.8. The molecule has 6 nitrogen and oxygen atoms in total. The van der Waals surface area contributed by atoms with Crippen molar-refractivity contribution in [3.05, 3.63) is 62.8 Å². The van der Waals surface area contributed by atoms with Crippen molar-refractivity contribution >= 4 is 32.6 Å². The zero-order valence-electron chi connectivity index (χ0n) is 19.3. The van der Waals surface area contributed by atoms with Gasteiger partial charge in [0.2, 0.25) is 0 Å². The average molecular weight is 520 g/mol. The molecule has 1 N–H and O–H groups in total. The molecule has 0 atom stereocenters. The minimum atomic E-state index is -0.420. The number of ether oxygens (including phenoxy) is 2. The van der Waals surface area contributed by atoms with Crippen LogP contribution in [-0.4, -0.2) is 54.1 Å². The van der Waals surface area contributed by atoms with Gasteiger partial charge in [0.1, 0.15) is 11.9 Å². The molecule has 7 heteroatoms. The number of nitriles is 1. The molecule has 0 bridgehead atoms. The van der Waals surface area contributed by atoms with Crippen LogP contribution >= 0.6 is 15.9 Å². The summed E-state index contributed by atoms with van der Waals surface area (Å²) >= 11 is 3.67. The Balaban J connectivity index is 1.33. The molecule has 2 fully saturated rings. The Bertz CT molecular complexity index is 1360. The van der Waals surface area contributed by atoms with Crippen molar-refractivity contribution in [2.45, 2.75) is 44.2 Å². The number of ketones is 1. The van der Waals surface area contributed by atoms with Crippen LogP contribution in [0.2, 0.25) is 0 Å². The lowest BCUT2D eigenvalue weighted by Crippen LogP contribution is -2.52. The molecular weight excluding hydrogens is 494 g/mol. The molecule has 0 radical (unpaired) electrons. The maximum atomic E-state index is 13.7. The van der Waals surface area contributed by atoms with Crippen molar-refractivity contribution in [1.82, 2.24) is 9.88 Å². The zero-order chi connectivity index (χ0) is 23.6. The van der Waals surface area contributed by atoms with Gasteiger partial charge >= 0.3 is 0 Å². The van der Waals surface area contributed by atoms with Crippen LogP contribution in [-0.2, 0) is 10.2 Å². The van der Waals surface area contributed by atoms with E-state index in [4.69, 9.17) is 9.47 Å². The van der Waals surface area contributed by atoms with Crippen LogP contribution in [0.5, 0.6) is 5.75 Å². The van der Waals surface area contributed by atoms with Crippen molar-refractivity contribution in [3.63, 3.8) is 0 Å². The Morgan fingerprint density at radius 1 is 1.21 bits per heavy atom. The first-order valence-corrected chi connectivity index (χ1v) is 12.6. The van der Waals surface area contributed by atoms with Crippen molar-refractivity contribution in [1.29, 1.82) is 5.26 Å². The topological polar surface area (TPSA) is 78.3 Å². The van der Waals surface area contributed by atoms with Crippen molar-refractivity contribution in [2.24, 2.45) is 0 Å².